The molecule has 0 aromatic heterocycles. The molecule has 0 heterocycles. The number of amides is 1. The van der Waals surface area contributed by atoms with E-state index in [1.54, 1.807) is 7.11 Å². The first-order valence-electron chi connectivity index (χ1n) is 5.82. The van der Waals surface area contributed by atoms with Crippen LogP contribution in [0.1, 0.15) is 30.9 Å². The first-order chi connectivity index (χ1) is 8.58. The number of benzene rings is 1. The molecule has 1 rings (SSSR count). The predicted octanol–water partition coefficient (Wildman–Crippen LogP) is 1.33. The summed E-state index contributed by atoms with van der Waals surface area (Å²) in [5, 5.41) is 0. The number of rotatable bonds is 6. The van der Waals surface area contributed by atoms with E-state index in [-0.39, 0.29) is 12.5 Å². The van der Waals surface area contributed by atoms with Crippen molar-refractivity contribution in [3.8, 4) is 5.75 Å². The van der Waals surface area contributed by atoms with Crippen LogP contribution in [-0.4, -0.2) is 19.6 Å². The molecule has 5 heteroatoms. The van der Waals surface area contributed by atoms with Crippen molar-refractivity contribution < 1.29 is 14.3 Å². The van der Waals surface area contributed by atoms with Crippen molar-refractivity contribution in [3.05, 3.63) is 29.3 Å². The SMILES string of the molecule is COc1ccc(COCC(=O)NN)cc1C(C)C. The van der Waals surface area contributed by atoms with Gasteiger partial charge in [-0.3, -0.25) is 10.2 Å². The van der Waals surface area contributed by atoms with E-state index in [9.17, 15) is 4.79 Å². The average Bonchev–Trinajstić information content (AvgIpc) is 2.38. The van der Waals surface area contributed by atoms with Gasteiger partial charge in [-0.25, -0.2) is 5.84 Å². The third-order valence-electron chi connectivity index (χ3n) is 2.58. The Bertz CT molecular complexity index is 405. The van der Waals surface area contributed by atoms with Crippen LogP contribution in [0.4, 0.5) is 0 Å². The van der Waals surface area contributed by atoms with E-state index in [0.717, 1.165) is 16.9 Å². The molecule has 0 aliphatic heterocycles. The van der Waals surface area contributed by atoms with Crippen LogP contribution < -0.4 is 16.0 Å². The summed E-state index contributed by atoms with van der Waals surface area (Å²) in [4.78, 5) is 10.9. The van der Waals surface area contributed by atoms with Gasteiger partial charge in [-0.2, -0.15) is 0 Å². The number of hydrogen-bond donors (Lipinski definition) is 2. The van der Waals surface area contributed by atoms with Crippen LogP contribution in [0.5, 0.6) is 5.75 Å². The zero-order valence-corrected chi connectivity index (χ0v) is 11.0. The molecule has 1 aromatic rings. The van der Waals surface area contributed by atoms with Crippen molar-refractivity contribution in [3.63, 3.8) is 0 Å². The van der Waals surface area contributed by atoms with E-state index in [1.165, 1.54) is 0 Å². The zero-order chi connectivity index (χ0) is 13.5. The van der Waals surface area contributed by atoms with Crippen molar-refractivity contribution in [1.82, 2.24) is 5.43 Å². The fourth-order valence-corrected chi connectivity index (χ4v) is 1.63. The number of carbonyl (C=O) groups is 1. The maximum absolute atomic E-state index is 10.9. The number of carbonyl (C=O) groups excluding carboxylic acids is 1. The molecule has 0 radical (unpaired) electrons. The average molecular weight is 252 g/mol. The van der Waals surface area contributed by atoms with Gasteiger partial charge in [0.25, 0.3) is 5.91 Å². The van der Waals surface area contributed by atoms with Gasteiger partial charge in [-0.15, -0.1) is 0 Å². The summed E-state index contributed by atoms with van der Waals surface area (Å²) in [5.41, 5.74) is 4.15. The minimum Gasteiger partial charge on any atom is -0.496 e. The molecular weight excluding hydrogens is 232 g/mol. The Morgan fingerprint density at radius 2 is 2.17 bits per heavy atom. The Morgan fingerprint density at radius 1 is 1.44 bits per heavy atom. The lowest BCUT2D eigenvalue weighted by atomic mass is 10.00. The summed E-state index contributed by atoms with van der Waals surface area (Å²) in [5.74, 6) is 5.85. The van der Waals surface area contributed by atoms with Crippen LogP contribution in [0.25, 0.3) is 0 Å². The van der Waals surface area contributed by atoms with E-state index in [2.05, 4.69) is 13.8 Å². The van der Waals surface area contributed by atoms with Crippen molar-refractivity contribution in [2.75, 3.05) is 13.7 Å². The maximum Gasteiger partial charge on any atom is 0.259 e. The molecule has 18 heavy (non-hydrogen) atoms. The Hall–Kier alpha value is -1.59. The quantitative estimate of drug-likeness (QED) is 0.455. The number of nitrogens with one attached hydrogen (secondary N) is 1. The van der Waals surface area contributed by atoms with Gasteiger partial charge in [0.2, 0.25) is 0 Å². The normalized spacial score (nSPS) is 10.5. The number of methoxy groups -OCH3 is 1. The monoisotopic (exact) mass is 252 g/mol. The van der Waals surface area contributed by atoms with Crippen LogP contribution in [0, 0.1) is 0 Å². The third kappa shape index (κ3) is 4.01. The lowest BCUT2D eigenvalue weighted by Crippen LogP contribution is -2.33. The van der Waals surface area contributed by atoms with E-state index < -0.39 is 0 Å². The third-order valence-corrected chi connectivity index (χ3v) is 2.58. The number of nitrogens with two attached hydrogens (primary N) is 1. The maximum atomic E-state index is 10.9. The van der Waals surface area contributed by atoms with Gasteiger partial charge < -0.3 is 9.47 Å². The highest BCUT2D eigenvalue weighted by molar-refractivity contribution is 5.76. The van der Waals surface area contributed by atoms with Crippen LogP contribution in [0.15, 0.2) is 18.2 Å². The standard InChI is InChI=1S/C13H20N2O3/c1-9(2)11-6-10(4-5-12(11)17-3)7-18-8-13(16)15-14/h4-6,9H,7-8,14H2,1-3H3,(H,15,16). The van der Waals surface area contributed by atoms with Gasteiger partial charge in [-0.1, -0.05) is 19.9 Å². The molecule has 100 valence electrons. The highest BCUT2D eigenvalue weighted by Gasteiger charge is 2.08. The largest absolute Gasteiger partial charge is 0.496 e. The Morgan fingerprint density at radius 3 is 2.72 bits per heavy atom. The van der Waals surface area contributed by atoms with Crippen LogP contribution in [0.2, 0.25) is 0 Å². The Kier molecular flexibility index (Phi) is 5.61. The highest BCUT2D eigenvalue weighted by atomic mass is 16.5. The molecule has 0 spiro atoms. The minimum atomic E-state index is -0.340. The summed E-state index contributed by atoms with van der Waals surface area (Å²) in [6, 6.07) is 5.87. The van der Waals surface area contributed by atoms with Crippen molar-refractivity contribution >= 4 is 5.91 Å². The minimum absolute atomic E-state index is 0.0421. The first kappa shape index (κ1) is 14.5. The molecule has 0 bridgehead atoms. The second kappa shape index (κ2) is 6.98. The summed E-state index contributed by atoms with van der Waals surface area (Å²) >= 11 is 0. The van der Waals surface area contributed by atoms with E-state index >= 15 is 0 Å². The highest BCUT2D eigenvalue weighted by Crippen LogP contribution is 2.27. The van der Waals surface area contributed by atoms with E-state index in [1.807, 2.05) is 23.6 Å². The van der Waals surface area contributed by atoms with E-state index in [0.29, 0.717) is 12.5 Å². The van der Waals surface area contributed by atoms with Gasteiger partial charge in [0.05, 0.1) is 13.7 Å². The van der Waals surface area contributed by atoms with Crippen LogP contribution in [0.3, 0.4) is 0 Å². The number of hydrazine groups is 1. The molecule has 3 N–H and O–H groups in total. The first-order valence-corrected chi connectivity index (χ1v) is 5.82. The van der Waals surface area contributed by atoms with Crippen LogP contribution in [-0.2, 0) is 16.1 Å². The van der Waals surface area contributed by atoms with Gasteiger partial charge in [-0.05, 0) is 29.2 Å². The molecule has 0 aliphatic rings. The molecule has 0 saturated carbocycles. The van der Waals surface area contributed by atoms with Crippen molar-refractivity contribution in [2.24, 2.45) is 5.84 Å². The van der Waals surface area contributed by atoms with Crippen molar-refractivity contribution in [1.29, 1.82) is 0 Å². The van der Waals surface area contributed by atoms with E-state index in [4.69, 9.17) is 15.3 Å². The van der Waals surface area contributed by atoms with Crippen LogP contribution >= 0.6 is 0 Å². The molecule has 0 fully saturated rings. The summed E-state index contributed by atoms with van der Waals surface area (Å²) in [6.45, 7) is 4.53. The second-order valence-electron chi connectivity index (χ2n) is 4.29. The smallest absolute Gasteiger partial charge is 0.259 e. The summed E-state index contributed by atoms with van der Waals surface area (Å²) < 4.78 is 10.5. The molecule has 0 aliphatic carbocycles. The number of ether oxygens (including phenoxy) is 2. The van der Waals surface area contributed by atoms with Crippen molar-refractivity contribution in [2.45, 2.75) is 26.4 Å². The second-order valence-corrected chi connectivity index (χ2v) is 4.29. The molecule has 0 unspecified atom stereocenters. The fraction of sp³-hybridized carbons (Fsp3) is 0.462. The molecule has 0 atom stereocenters. The van der Waals surface area contributed by atoms with Gasteiger partial charge >= 0.3 is 0 Å². The topological polar surface area (TPSA) is 73.6 Å². The number of hydrogen-bond acceptors (Lipinski definition) is 4. The molecular formula is C13H20N2O3. The molecule has 1 aromatic carbocycles. The lowest BCUT2D eigenvalue weighted by Gasteiger charge is -2.13. The molecule has 0 saturated heterocycles. The summed E-state index contributed by atoms with van der Waals surface area (Å²) in [6.07, 6.45) is 0. The fourth-order valence-electron chi connectivity index (χ4n) is 1.63. The molecule has 5 nitrogen and oxygen atoms in total. The lowest BCUT2D eigenvalue weighted by molar-refractivity contribution is -0.126. The Balaban J connectivity index is 2.67. The van der Waals surface area contributed by atoms with Gasteiger partial charge in [0, 0.05) is 0 Å². The Labute approximate surface area is 107 Å². The van der Waals surface area contributed by atoms with Gasteiger partial charge in [0.1, 0.15) is 12.4 Å². The zero-order valence-electron chi connectivity index (χ0n) is 11.0. The molecule has 1 amide bonds. The summed E-state index contributed by atoms with van der Waals surface area (Å²) in [7, 11) is 1.66. The predicted molar refractivity (Wildman–Crippen MR) is 69.1 cm³/mol. The van der Waals surface area contributed by atoms with Gasteiger partial charge in [0.15, 0.2) is 0 Å².